The number of nitrogens with zero attached hydrogens (tertiary/aromatic N) is 3. The minimum absolute atomic E-state index is 0.223. The Balaban J connectivity index is 2.43. The summed E-state index contributed by atoms with van der Waals surface area (Å²) in [4.78, 5) is 11.1. The summed E-state index contributed by atoms with van der Waals surface area (Å²) in [5, 5.41) is 9.46. The van der Waals surface area contributed by atoms with E-state index >= 15 is 0 Å². The van der Waals surface area contributed by atoms with Crippen molar-refractivity contribution in [2.75, 3.05) is 0 Å². The van der Waals surface area contributed by atoms with E-state index in [0.29, 0.717) is 17.1 Å². The van der Waals surface area contributed by atoms with E-state index in [2.05, 4.69) is 20.0 Å². The highest BCUT2D eigenvalue weighted by Gasteiger charge is 2.19. The number of halogens is 3. The molecule has 102 valence electrons. The zero-order valence-electron chi connectivity index (χ0n) is 9.95. The summed E-state index contributed by atoms with van der Waals surface area (Å²) < 4.78 is 29.9. The van der Waals surface area contributed by atoms with Gasteiger partial charge < -0.3 is 4.74 Å². The minimum atomic E-state index is -2.96. The number of H-pyrrole nitrogens is 1. The number of hydrogen-bond donors (Lipinski definition) is 1. The summed E-state index contributed by atoms with van der Waals surface area (Å²) >= 11 is 5.38. The van der Waals surface area contributed by atoms with Crippen molar-refractivity contribution < 1.29 is 18.3 Å². The van der Waals surface area contributed by atoms with Crippen LogP contribution in [0.1, 0.15) is 21.6 Å². The molecule has 0 aliphatic rings. The van der Waals surface area contributed by atoms with Gasteiger partial charge in [0, 0.05) is 0 Å². The number of rotatable bonds is 4. The first kappa shape index (κ1) is 13.5. The van der Waals surface area contributed by atoms with Gasteiger partial charge in [-0.05, 0) is 25.4 Å². The van der Waals surface area contributed by atoms with E-state index < -0.39 is 11.9 Å². The average molecular weight is 291 g/mol. The molecular formula is C10H9ClF2N4O2. The van der Waals surface area contributed by atoms with Crippen molar-refractivity contribution in [3.63, 3.8) is 0 Å². The van der Waals surface area contributed by atoms with E-state index in [0.717, 1.165) is 0 Å². The zero-order valence-corrected chi connectivity index (χ0v) is 10.7. The molecule has 1 N–H and O–H groups in total. The van der Waals surface area contributed by atoms with Gasteiger partial charge in [-0.3, -0.25) is 9.89 Å². The Bertz CT molecular complexity index is 623. The maximum atomic E-state index is 12.1. The normalized spacial score (nSPS) is 11.1. The molecule has 0 unspecified atom stereocenters. The maximum Gasteiger partial charge on any atom is 0.388 e. The quantitative estimate of drug-likeness (QED) is 0.876. The van der Waals surface area contributed by atoms with Crippen LogP contribution in [0, 0.1) is 13.8 Å². The molecule has 0 saturated heterocycles. The van der Waals surface area contributed by atoms with Crippen molar-refractivity contribution in [1.82, 2.24) is 20.0 Å². The number of alkyl halides is 2. The smallest absolute Gasteiger partial charge is 0.388 e. The molecule has 2 aromatic rings. The lowest BCUT2D eigenvalue weighted by atomic mass is 10.3. The number of hydrogen-bond acceptors (Lipinski definition) is 4. The van der Waals surface area contributed by atoms with Gasteiger partial charge in [0.1, 0.15) is 0 Å². The SMILES string of the molecule is Cc1c(OC(F)F)n[nH]c1-n1ncc(C(=O)Cl)c1C. The molecule has 0 spiro atoms. The molecule has 2 rings (SSSR count). The van der Waals surface area contributed by atoms with E-state index in [4.69, 9.17) is 11.6 Å². The molecular weight excluding hydrogens is 282 g/mol. The van der Waals surface area contributed by atoms with Crippen molar-refractivity contribution in [2.24, 2.45) is 0 Å². The highest BCUT2D eigenvalue weighted by Crippen LogP contribution is 2.24. The lowest BCUT2D eigenvalue weighted by Crippen LogP contribution is -2.04. The Hall–Kier alpha value is -1.96. The number of carbonyl (C=O) groups is 1. The standard InChI is InChI=1S/C10H9ClF2N4O2/c1-4-8(15-16-9(4)19-10(12)13)17-5(2)6(3-14-17)7(11)18/h3,10H,1-2H3,(H,15,16). The molecule has 0 saturated carbocycles. The maximum absolute atomic E-state index is 12.1. The number of carbonyl (C=O) groups excluding carboxylic acids is 1. The molecule has 2 heterocycles. The lowest BCUT2D eigenvalue weighted by molar-refractivity contribution is -0.0533. The second-order valence-corrected chi connectivity index (χ2v) is 4.05. The van der Waals surface area contributed by atoms with E-state index in [1.54, 1.807) is 13.8 Å². The molecule has 0 fully saturated rings. The van der Waals surface area contributed by atoms with Gasteiger partial charge in [-0.1, -0.05) is 0 Å². The van der Waals surface area contributed by atoms with E-state index in [1.165, 1.54) is 10.9 Å². The van der Waals surface area contributed by atoms with E-state index in [-0.39, 0.29) is 11.4 Å². The van der Waals surface area contributed by atoms with Gasteiger partial charge in [0.05, 0.1) is 23.0 Å². The Morgan fingerprint density at radius 2 is 2.21 bits per heavy atom. The van der Waals surface area contributed by atoms with Crippen LogP contribution >= 0.6 is 11.6 Å². The Labute approximate surface area is 111 Å². The summed E-state index contributed by atoms with van der Waals surface area (Å²) in [6, 6.07) is 0. The fourth-order valence-corrected chi connectivity index (χ4v) is 1.79. The topological polar surface area (TPSA) is 72.8 Å². The van der Waals surface area contributed by atoms with Gasteiger partial charge in [-0.2, -0.15) is 13.9 Å². The third-order valence-corrected chi connectivity index (χ3v) is 2.78. The number of nitrogens with one attached hydrogen (secondary N) is 1. The third kappa shape index (κ3) is 2.43. The van der Waals surface area contributed by atoms with Crippen LogP contribution in [0.5, 0.6) is 5.88 Å². The van der Waals surface area contributed by atoms with Crippen LogP contribution in [0.3, 0.4) is 0 Å². The Morgan fingerprint density at radius 1 is 1.53 bits per heavy atom. The zero-order chi connectivity index (χ0) is 14.2. The van der Waals surface area contributed by atoms with Crippen LogP contribution in [0.25, 0.3) is 5.82 Å². The van der Waals surface area contributed by atoms with Gasteiger partial charge in [0.15, 0.2) is 5.82 Å². The number of aromatic nitrogens is 4. The Morgan fingerprint density at radius 3 is 2.74 bits per heavy atom. The van der Waals surface area contributed by atoms with Gasteiger partial charge in [-0.15, -0.1) is 5.10 Å². The molecule has 0 aromatic carbocycles. The van der Waals surface area contributed by atoms with Crippen LogP contribution < -0.4 is 4.74 Å². The molecule has 0 aliphatic carbocycles. The second kappa shape index (κ2) is 4.96. The van der Waals surface area contributed by atoms with Crippen molar-refractivity contribution in [1.29, 1.82) is 0 Å². The first-order valence-electron chi connectivity index (χ1n) is 5.16. The molecule has 0 radical (unpaired) electrons. The average Bonchev–Trinajstić information content (AvgIpc) is 2.84. The lowest BCUT2D eigenvalue weighted by Gasteiger charge is -2.04. The van der Waals surface area contributed by atoms with Crippen molar-refractivity contribution >= 4 is 16.8 Å². The minimum Gasteiger partial charge on any atom is -0.415 e. The largest absolute Gasteiger partial charge is 0.415 e. The van der Waals surface area contributed by atoms with Gasteiger partial charge in [-0.25, -0.2) is 4.68 Å². The summed E-state index contributed by atoms with van der Waals surface area (Å²) in [5.41, 5.74) is 1.04. The number of ether oxygens (including phenoxy) is 1. The molecule has 9 heteroatoms. The van der Waals surface area contributed by atoms with Gasteiger partial charge in [0.25, 0.3) is 5.24 Å². The summed E-state index contributed by atoms with van der Waals surface area (Å²) in [7, 11) is 0. The Kier molecular flexibility index (Phi) is 3.52. The van der Waals surface area contributed by atoms with Crippen molar-refractivity contribution in [3.8, 4) is 11.7 Å². The summed E-state index contributed by atoms with van der Waals surface area (Å²) in [5.74, 6) is 0.107. The van der Waals surface area contributed by atoms with Crippen molar-refractivity contribution in [3.05, 3.63) is 23.0 Å². The van der Waals surface area contributed by atoms with Crippen LogP contribution in [-0.2, 0) is 0 Å². The fourth-order valence-electron chi connectivity index (χ4n) is 1.61. The van der Waals surface area contributed by atoms with Crippen LogP contribution in [-0.4, -0.2) is 31.8 Å². The van der Waals surface area contributed by atoms with Crippen LogP contribution in [0.15, 0.2) is 6.20 Å². The highest BCUT2D eigenvalue weighted by atomic mass is 35.5. The fraction of sp³-hybridized carbons (Fsp3) is 0.300. The first-order chi connectivity index (χ1) is 8.91. The molecule has 0 atom stereocenters. The second-order valence-electron chi connectivity index (χ2n) is 3.71. The molecule has 19 heavy (non-hydrogen) atoms. The molecule has 0 aliphatic heterocycles. The predicted octanol–water partition coefficient (Wildman–Crippen LogP) is 2.19. The van der Waals surface area contributed by atoms with Crippen LogP contribution in [0.2, 0.25) is 0 Å². The van der Waals surface area contributed by atoms with E-state index in [9.17, 15) is 13.6 Å². The third-order valence-electron chi connectivity index (χ3n) is 2.57. The first-order valence-corrected chi connectivity index (χ1v) is 5.54. The highest BCUT2D eigenvalue weighted by molar-refractivity contribution is 6.67. The van der Waals surface area contributed by atoms with Gasteiger partial charge in [0.2, 0.25) is 5.88 Å². The van der Waals surface area contributed by atoms with Crippen molar-refractivity contribution in [2.45, 2.75) is 20.5 Å². The summed E-state index contributed by atoms with van der Waals surface area (Å²) in [6.45, 7) is 0.199. The van der Waals surface area contributed by atoms with Gasteiger partial charge >= 0.3 is 6.61 Å². The molecule has 0 bridgehead atoms. The summed E-state index contributed by atoms with van der Waals surface area (Å²) in [6.07, 6.45) is 1.29. The number of aromatic amines is 1. The molecule has 0 amide bonds. The molecule has 2 aromatic heterocycles. The monoisotopic (exact) mass is 290 g/mol. The van der Waals surface area contributed by atoms with Crippen LogP contribution in [0.4, 0.5) is 8.78 Å². The molecule has 6 nitrogen and oxygen atoms in total. The van der Waals surface area contributed by atoms with E-state index in [1.807, 2.05) is 0 Å². The predicted molar refractivity (Wildman–Crippen MR) is 62.0 cm³/mol.